The standard InChI is InChI=1S/C29H22ClN5O2/c1-2-27(36)33-20-12-10-19(11-13-20)29(37)34-21-7-5-6-18(14-21)15-26-32-17-24(30)28(35-26)23-16-31-25-9-4-3-8-22(23)25/h2-14,16-17,31H,1,15H2,(H,33,36)(H,34,37). The van der Waals surface area contributed by atoms with Gasteiger partial charge in [-0.25, -0.2) is 9.97 Å². The summed E-state index contributed by atoms with van der Waals surface area (Å²) < 4.78 is 0. The minimum Gasteiger partial charge on any atom is -0.360 e. The SMILES string of the molecule is C=CC(=O)Nc1ccc(C(=O)Nc2cccc(Cc3ncc(Cl)c(-c4c[nH]c5ccccc45)n3)c2)cc1. The average Bonchev–Trinajstić information content (AvgIpc) is 3.34. The van der Waals surface area contributed by atoms with Crippen LogP contribution in [0.3, 0.4) is 0 Å². The van der Waals surface area contributed by atoms with Crippen molar-refractivity contribution in [2.75, 3.05) is 10.6 Å². The molecule has 0 bridgehead atoms. The molecule has 2 aromatic heterocycles. The highest BCUT2D eigenvalue weighted by molar-refractivity contribution is 6.33. The van der Waals surface area contributed by atoms with Gasteiger partial charge in [0.1, 0.15) is 5.82 Å². The van der Waals surface area contributed by atoms with Crippen molar-refractivity contribution in [2.24, 2.45) is 0 Å². The van der Waals surface area contributed by atoms with Crippen molar-refractivity contribution in [1.29, 1.82) is 0 Å². The molecule has 0 spiro atoms. The zero-order chi connectivity index (χ0) is 25.8. The Hall–Kier alpha value is -4.75. The lowest BCUT2D eigenvalue weighted by Gasteiger charge is -2.09. The molecule has 3 aromatic carbocycles. The van der Waals surface area contributed by atoms with Crippen molar-refractivity contribution in [3.63, 3.8) is 0 Å². The summed E-state index contributed by atoms with van der Waals surface area (Å²) in [6.07, 6.45) is 5.17. The number of amides is 2. The molecule has 0 radical (unpaired) electrons. The molecule has 0 saturated carbocycles. The van der Waals surface area contributed by atoms with Crippen LogP contribution in [0.1, 0.15) is 21.7 Å². The van der Waals surface area contributed by atoms with E-state index < -0.39 is 0 Å². The summed E-state index contributed by atoms with van der Waals surface area (Å²) in [5, 5.41) is 7.08. The molecule has 37 heavy (non-hydrogen) atoms. The maximum absolute atomic E-state index is 12.7. The molecule has 0 unspecified atom stereocenters. The van der Waals surface area contributed by atoms with Crippen molar-refractivity contribution in [1.82, 2.24) is 15.0 Å². The minimum atomic E-state index is -0.313. The number of carbonyl (C=O) groups is 2. The lowest BCUT2D eigenvalue weighted by Crippen LogP contribution is -2.12. The third-order valence-electron chi connectivity index (χ3n) is 5.79. The van der Waals surface area contributed by atoms with Crippen LogP contribution in [0.25, 0.3) is 22.2 Å². The molecular formula is C29H22ClN5O2. The van der Waals surface area contributed by atoms with E-state index in [0.29, 0.717) is 39.9 Å². The van der Waals surface area contributed by atoms with Gasteiger partial charge in [0.25, 0.3) is 5.91 Å². The van der Waals surface area contributed by atoms with E-state index in [1.54, 1.807) is 30.5 Å². The normalized spacial score (nSPS) is 10.7. The van der Waals surface area contributed by atoms with Crippen molar-refractivity contribution in [2.45, 2.75) is 6.42 Å². The van der Waals surface area contributed by atoms with Gasteiger partial charge in [-0.2, -0.15) is 0 Å². The number of para-hydroxylation sites is 1. The highest BCUT2D eigenvalue weighted by Gasteiger charge is 2.14. The molecule has 0 aliphatic rings. The Labute approximate surface area is 218 Å². The number of H-pyrrole nitrogens is 1. The van der Waals surface area contributed by atoms with Gasteiger partial charge in [-0.3, -0.25) is 9.59 Å². The Kier molecular flexibility index (Phi) is 6.78. The molecule has 182 valence electrons. The van der Waals surface area contributed by atoms with Crippen LogP contribution in [-0.4, -0.2) is 26.8 Å². The molecule has 8 heteroatoms. The number of hydrogen-bond donors (Lipinski definition) is 3. The largest absolute Gasteiger partial charge is 0.360 e. The number of hydrogen-bond acceptors (Lipinski definition) is 4. The molecule has 3 N–H and O–H groups in total. The van der Waals surface area contributed by atoms with Gasteiger partial charge >= 0.3 is 0 Å². The summed E-state index contributed by atoms with van der Waals surface area (Å²) in [4.78, 5) is 36.6. The fraction of sp³-hybridized carbons (Fsp3) is 0.0345. The molecule has 0 atom stereocenters. The molecule has 5 aromatic rings. The molecule has 0 aliphatic heterocycles. The maximum Gasteiger partial charge on any atom is 0.255 e. The Morgan fingerprint density at radius 1 is 0.973 bits per heavy atom. The van der Waals surface area contributed by atoms with Gasteiger partial charge in [-0.15, -0.1) is 0 Å². The first-order valence-corrected chi connectivity index (χ1v) is 11.9. The summed E-state index contributed by atoms with van der Waals surface area (Å²) >= 11 is 6.46. The van der Waals surface area contributed by atoms with Crippen molar-refractivity contribution in [3.8, 4) is 11.3 Å². The smallest absolute Gasteiger partial charge is 0.255 e. The van der Waals surface area contributed by atoms with Gasteiger partial charge in [0, 0.05) is 52.2 Å². The quantitative estimate of drug-likeness (QED) is 0.227. The molecule has 2 heterocycles. The Bertz CT molecular complexity index is 1630. The molecule has 2 amide bonds. The Morgan fingerprint density at radius 2 is 1.78 bits per heavy atom. The van der Waals surface area contributed by atoms with Gasteiger partial charge in [0.15, 0.2) is 0 Å². The van der Waals surface area contributed by atoms with Gasteiger partial charge in [-0.05, 0) is 54.1 Å². The second kappa shape index (κ2) is 10.5. The highest BCUT2D eigenvalue weighted by Crippen LogP contribution is 2.32. The summed E-state index contributed by atoms with van der Waals surface area (Å²) in [6, 6.07) is 22.1. The van der Waals surface area contributed by atoms with Crippen LogP contribution in [0, 0.1) is 0 Å². The molecule has 0 fully saturated rings. The lowest BCUT2D eigenvalue weighted by atomic mass is 10.1. The monoisotopic (exact) mass is 507 g/mol. The molecule has 7 nitrogen and oxygen atoms in total. The van der Waals surface area contributed by atoms with Gasteiger partial charge in [0.2, 0.25) is 5.91 Å². The van der Waals surface area contributed by atoms with Crippen LogP contribution in [0.2, 0.25) is 5.02 Å². The fourth-order valence-corrected chi connectivity index (χ4v) is 4.18. The zero-order valence-electron chi connectivity index (χ0n) is 19.7. The number of carbonyl (C=O) groups excluding carboxylic acids is 2. The third kappa shape index (κ3) is 5.42. The fourth-order valence-electron chi connectivity index (χ4n) is 3.99. The number of anilines is 2. The number of aromatic amines is 1. The number of rotatable bonds is 7. The molecule has 0 saturated heterocycles. The average molecular weight is 508 g/mol. The lowest BCUT2D eigenvalue weighted by molar-refractivity contribution is -0.111. The van der Waals surface area contributed by atoms with Crippen LogP contribution in [-0.2, 0) is 11.2 Å². The highest BCUT2D eigenvalue weighted by atomic mass is 35.5. The maximum atomic E-state index is 12.7. The van der Waals surface area contributed by atoms with Crippen LogP contribution in [0.4, 0.5) is 11.4 Å². The number of aromatic nitrogens is 3. The minimum absolute atomic E-state index is 0.261. The van der Waals surface area contributed by atoms with Crippen molar-refractivity contribution >= 4 is 45.7 Å². The number of halogens is 1. The second-order valence-electron chi connectivity index (χ2n) is 8.33. The first-order valence-electron chi connectivity index (χ1n) is 11.5. The summed E-state index contributed by atoms with van der Waals surface area (Å²) in [5.41, 5.74) is 5.23. The van der Waals surface area contributed by atoms with Crippen molar-refractivity contribution < 1.29 is 9.59 Å². The molecular weight excluding hydrogens is 486 g/mol. The van der Waals surface area contributed by atoms with E-state index in [4.69, 9.17) is 16.6 Å². The topological polar surface area (TPSA) is 99.8 Å². The summed E-state index contributed by atoms with van der Waals surface area (Å²) in [5.74, 6) is 0.0423. The molecule has 0 aliphatic carbocycles. The number of fused-ring (bicyclic) bond motifs is 1. The second-order valence-corrected chi connectivity index (χ2v) is 8.74. The zero-order valence-corrected chi connectivity index (χ0v) is 20.4. The Morgan fingerprint density at radius 3 is 2.59 bits per heavy atom. The summed E-state index contributed by atoms with van der Waals surface area (Å²) in [7, 11) is 0. The number of nitrogens with one attached hydrogen (secondary N) is 3. The predicted molar refractivity (Wildman–Crippen MR) is 147 cm³/mol. The Balaban J connectivity index is 1.31. The van der Waals surface area contributed by atoms with Gasteiger partial charge < -0.3 is 15.6 Å². The number of nitrogens with zero attached hydrogens (tertiary/aromatic N) is 2. The first kappa shape index (κ1) is 24.0. The van der Waals surface area contributed by atoms with Crippen LogP contribution in [0.15, 0.2) is 97.8 Å². The van der Waals surface area contributed by atoms with E-state index in [-0.39, 0.29) is 11.8 Å². The van der Waals surface area contributed by atoms with E-state index in [1.165, 1.54) is 6.08 Å². The van der Waals surface area contributed by atoms with E-state index in [1.807, 2.05) is 54.7 Å². The first-order chi connectivity index (χ1) is 18.0. The van der Waals surface area contributed by atoms with Gasteiger partial charge in [0.05, 0.1) is 10.7 Å². The van der Waals surface area contributed by atoms with E-state index >= 15 is 0 Å². The van der Waals surface area contributed by atoms with Crippen LogP contribution in [0.5, 0.6) is 0 Å². The summed E-state index contributed by atoms with van der Waals surface area (Å²) in [6.45, 7) is 3.42. The van der Waals surface area contributed by atoms with Crippen LogP contribution < -0.4 is 10.6 Å². The third-order valence-corrected chi connectivity index (χ3v) is 6.06. The predicted octanol–water partition coefficient (Wildman–Crippen LogP) is 6.25. The molecule has 5 rings (SSSR count). The van der Waals surface area contributed by atoms with Gasteiger partial charge in [-0.1, -0.05) is 48.5 Å². The van der Waals surface area contributed by atoms with Crippen LogP contribution >= 0.6 is 11.6 Å². The van der Waals surface area contributed by atoms with E-state index in [9.17, 15) is 9.59 Å². The number of benzene rings is 3. The van der Waals surface area contributed by atoms with E-state index in [2.05, 4.69) is 27.2 Å². The van der Waals surface area contributed by atoms with Crippen molar-refractivity contribution in [3.05, 3.63) is 120 Å². The van der Waals surface area contributed by atoms with E-state index in [0.717, 1.165) is 22.0 Å².